The number of benzene rings is 1. The third-order valence-corrected chi connectivity index (χ3v) is 3.15. The maximum Gasteiger partial charge on any atom is 0.248 e. The number of nitrogens with one attached hydrogen (secondary N) is 2. The van der Waals surface area contributed by atoms with Gasteiger partial charge in [-0.05, 0) is 25.5 Å². The Kier molecular flexibility index (Phi) is 4.65. The van der Waals surface area contributed by atoms with E-state index in [2.05, 4.69) is 21.1 Å². The van der Waals surface area contributed by atoms with Gasteiger partial charge in [0.25, 0.3) is 0 Å². The normalized spacial score (nSPS) is 17.7. The zero-order valence-corrected chi connectivity index (χ0v) is 11.5. The molecule has 0 fully saturated rings. The highest BCUT2D eigenvalue weighted by Crippen LogP contribution is 2.14. The first-order valence-corrected chi connectivity index (χ1v) is 6.52. The van der Waals surface area contributed by atoms with Crippen LogP contribution in [0.4, 0.5) is 0 Å². The predicted octanol–water partition coefficient (Wildman–Crippen LogP) is 0.744. The van der Waals surface area contributed by atoms with E-state index in [1.54, 1.807) is 25.1 Å². The van der Waals surface area contributed by atoms with E-state index in [9.17, 15) is 14.7 Å². The molecule has 2 rings (SSSR count). The number of phenols is 1. The number of nitrogens with zero attached hydrogens (tertiary/aromatic N) is 2. The molecule has 0 spiro atoms. The summed E-state index contributed by atoms with van der Waals surface area (Å²) in [5.41, 5.74) is 5.93. The number of carbonyl (C=O) groups excluding carboxylic acids is 2. The van der Waals surface area contributed by atoms with E-state index in [0.717, 1.165) is 0 Å². The Morgan fingerprint density at radius 1 is 1.52 bits per heavy atom. The van der Waals surface area contributed by atoms with Gasteiger partial charge in [0.05, 0.1) is 12.1 Å². The summed E-state index contributed by atoms with van der Waals surface area (Å²) in [4.78, 5) is 23.0. The highest BCUT2D eigenvalue weighted by Gasteiger charge is 2.26. The molecule has 0 radical (unpaired) electrons. The van der Waals surface area contributed by atoms with Crippen LogP contribution in [-0.4, -0.2) is 28.8 Å². The third kappa shape index (κ3) is 3.88. The number of para-hydroxylation sites is 1. The van der Waals surface area contributed by atoms with Crippen molar-refractivity contribution >= 4 is 23.7 Å². The Hall–Kier alpha value is -2.70. The van der Waals surface area contributed by atoms with Crippen molar-refractivity contribution in [1.82, 2.24) is 10.9 Å². The fourth-order valence-corrected chi connectivity index (χ4v) is 1.93. The number of hydrogen-bond acceptors (Lipinski definition) is 5. The molecule has 110 valence electrons. The summed E-state index contributed by atoms with van der Waals surface area (Å²) in [6.07, 6.45) is 1.92. The molecule has 0 aromatic heterocycles. The van der Waals surface area contributed by atoms with Crippen molar-refractivity contribution in [2.24, 2.45) is 16.1 Å². The highest BCUT2D eigenvalue weighted by molar-refractivity contribution is 6.07. The Balaban J connectivity index is 1.79. The van der Waals surface area contributed by atoms with E-state index in [0.29, 0.717) is 17.7 Å². The molecule has 1 aliphatic rings. The van der Waals surface area contributed by atoms with Gasteiger partial charge in [0, 0.05) is 17.7 Å². The van der Waals surface area contributed by atoms with Gasteiger partial charge >= 0.3 is 0 Å². The molecule has 7 nitrogen and oxygen atoms in total. The van der Waals surface area contributed by atoms with Crippen molar-refractivity contribution in [3.63, 3.8) is 0 Å². The fourth-order valence-electron chi connectivity index (χ4n) is 1.93. The molecule has 1 aliphatic heterocycles. The molecule has 0 aliphatic carbocycles. The molecule has 7 heteroatoms. The molecule has 0 saturated heterocycles. The molecule has 1 heterocycles. The lowest BCUT2D eigenvalue weighted by Gasteiger charge is -2.06. The Morgan fingerprint density at radius 2 is 2.29 bits per heavy atom. The molecule has 0 saturated carbocycles. The van der Waals surface area contributed by atoms with Gasteiger partial charge in [0.2, 0.25) is 11.8 Å². The van der Waals surface area contributed by atoms with Crippen molar-refractivity contribution in [3.05, 3.63) is 29.8 Å². The van der Waals surface area contributed by atoms with Crippen LogP contribution in [0.15, 0.2) is 34.5 Å². The van der Waals surface area contributed by atoms with E-state index < -0.39 is 0 Å². The quantitative estimate of drug-likeness (QED) is 0.550. The van der Waals surface area contributed by atoms with Crippen LogP contribution in [0.3, 0.4) is 0 Å². The zero-order valence-electron chi connectivity index (χ0n) is 11.5. The second-order valence-electron chi connectivity index (χ2n) is 4.67. The van der Waals surface area contributed by atoms with Crippen LogP contribution in [0.2, 0.25) is 0 Å². The molecule has 1 aromatic carbocycles. The standard InChI is InChI=1S/C14H16N4O3/c1-9-11(14(21)18-16-9)6-7-13(20)17-15-8-10-4-2-3-5-12(10)19/h2-5,8,11,19H,6-7H2,1H3,(H,17,20)(H,18,21). The van der Waals surface area contributed by atoms with Crippen LogP contribution in [0.5, 0.6) is 5.75 Å². The van der Waals surface area contributed by atoms with Gasteiger partial charge in [-0.2, -0.15) is 10.2 Å². The fraction of sp³-hybridized carbons (Fsp3) is 0.286. The Morgan fingerprint density at radius 3 is 2.95 bits per heavy atom. The van der Waals surface area contributed by atoms with Gasteiger partial charge in [-0.15, -0.1) is 0 Å². The minimum Gasteiger partial charge on any atom is -0.507 e. The van der Waals surface area contributed by atoms with E-state index >= 15 is 0 Å². The Bertz CT molecular complexity index is 610. The number of rotatable bonds is 5. The average Bonchev–Trinajstić information content (AvgIpc) is 2.78. The van der Waals surface area contributed by atoms with Crippen LogP contribution in [0, 0.1) is 5.92 Å². The van der Waals surface area contributed by atoms with Crippen molar-refractivity contribution in [1.29, 1.82) is 0 Å². The summed E-state index contributed by atoms with van der Waals surface area (Å²) in [5, 5.41) is 17.1. The van der Waals surface area contributed by atoms with Gasteiger partial charge in [-0.3, -0.25) is 9.59 Å². The summed E-state index contributed by atoms with van der Waals surface area (Å²) >= 11 is 0. The lowest BCUT2D eigenvalue weighted by atomic mass is 9.99. The molecular formula is C14H16N4O3. The number of amides is 2. The van der Waals surface area contributed by atoms with Crippen LogP contribution in [-0.2, 0) is 9.59 Å². The second kappa shape index (κ2) is 6.65. The van der Waals surface area contributed by atoms with Crippen molar-refractivity contribution in [3.8, 4) is 5.75 Å². The van der Waals surface area contributed by atoms with Crippen molar-refractivity contribution < 1.29 is 14.7 Å². The van der Waals surface area contributed by atoms with Crippen LogP contribution >= 0.6 is 0 Å². The lowest BCUT2D eigenvalue weighted by Crippen LogP contribution is -2.25. The molecule has 21 heavy (non-hydrogen) atoms. The summed E-state index contributed by atoms with van der Waals surface area (Å²) < 4.78 is 0. The molecular weight excluding hydrogens is 272 g/mol. The van der Waals surface area contributed by atoms with Crippen molar-refractivity contribution in [2.75, 3.05) is 0 Å². The van der Waals surface area contributed by atoms with Gasteiger partial charge < -0.3 is 5.11 Å². The SMILES string of the molecule is CC1=NNC(=O)C1CCC(=O)NN=Cc1ccccc1O. The highest BCUT2D eigenvalue weighted by atomic mass is 16.3. The van der Waals surface area contributed by atoms with Gasteiger partial charge in [-0.25, -0.2) is 10.9 Å². The first kappa shape index (κ1) is 14.7. The van der Waals surface area contributed by atoms with Crippen molar-refractivity contribution in [2.45, 2.75) is 19.8 Å². The third-order valence-electron chi connectivity index (χ3n) is 3.15. The first-order valence-electron chi connectivity index (χ1n) is 6.52. The van der Waals surface area contributed by atoms with Gasteiger partial charge in [-0.1, -0.05) is 12.1 Å². The maximum atomic E-state index is 11.6. The Labute approximate surface area is 121 Å². The van der Waals surface area contributed by atoms with E-state index in [4.69, 9.17) is 0 Å². The molecule has 2 amide bonds. The summed E-state index contributed by atoms with van der Waals surface area (Å²) in [6, 6.07) is 6.66. The molecule has 3 N–H and O–H groups in total. The number of carbonyl (C=O) groups is 2. The molecule has 1 aromatic rings. The topological polar surface area (TPSA) is 103 Å². The maximum absolute atomic E-state index is 11.6. The number of phenolic OH excluding ortho intramolecular Hbond substituents is 1. The van der Waals surface area contributed by atoms with Gasteiger partial charge in [0.1, 0.15) is 5.75 Å². The second-order valence-corrected chi connectivity index (χ2v) is 4.67. The first-order chi connectivity index (χ1) is 10.1. The van der Waals surface area contributed by atoms with Crippen LogP contribution < -0.4 is 10.9 Å². The minimum absolute atomic E-state index is 0.0879. The van der Waals surface area contributed by atoms with Crippen LogP contribution in [0.1, 0.15) is 25.3 Å². The van der Waals surface area contributed by atoms with E-state index in [1.807, 2.05) is 0 Å². The smallest absolute Gasteiger partial charge is 0.248 e. The molecule has 0 bridgehead atoms. The average molecular weight is 288 g/mol. The molecule has 1 atom stereocenters. The molecule has 1 unspecified atom stereocenters. The summed E-state index contributed by atoms with van der Waals surface area (Å²) in [5.74, 6) is -0.741. The number of hydrazone groups is 2. The number of hydrogen-bond donors (Lipinski definition) is 3. The van der Waals surface area contributed by atoms with Gasteiger partial charge in [0.15, 0.2) is 0 Å². The lowest BCUT2D eigenvalue weighted by molar-refractivity contribution is -0.123. The predicted molar refractivity (Wildman–Crippen MR) is 77.8 cm³/mol. The largest absolute Gasteiger partial charge is 0.507 e. The monoisotopic (exact) mass is 288 g/mol. The van der Waals surface area contributed by atoms with E-state index in [1.165, 1.54) is 12.3 Å². The zero-order chi connectivity index (χ0) is 15.2. The minimum atomic E-state index is -0.349. The van der Waals surface area contributed by atoms with E-state index in [-0.39, 0.29) is 29.9 Å². The summed E-state index contributed by atoms with van der Waals surface area (Å²) in [6.45, 7) is 1.75. The van der Waals surface area contributed by atoms with Crippen LogP contribution in [0.25, 0.3) is 0 Å². The summed E-state index contributed by atoms with van der Waals surface area (Å²) in [7, 11) is 0. The number of aromatic hydroxyl groups is 1.